The molecule has 0 fully saturated rings. The number of hydrogen-bond donors (Lipinski definition) is 1. The molecule has 1 heterocycles. The second-order valence-electron chi connectivity index (χ2n) is 4.67. The van der Waals surface area contributed by atoms with Gasteiger partial charge in [-0.05, 0) is 44.9 Å². The minimum atomic E-state index is -0.296. The molecule has 4 heteroatoms. The Morgan fingerprint density at radius 2 is 1.94 bits per heavy atom. The molecule has 2 N–H and O–H groups in total. The zero-order valence-electron chi connectivity index (χ0n) is 11.2. The SMILES string of the molecule is Cc1nn(-c2c(F)cccc2[C@@H](C)N)c(C)c1C. The number of benzene rings is 1. The molecule has 0 saturated carbocycles. The van der Waals surface area contributed by atoms with Gasteiger partial charge in [-0.3, -0.25) is 0 Å². The molecular weight excluding hydrogens is 229 g/mol. The quantitative estimate of drug-likeness (QED) is 0.886. The van der Waals surface area contributed by atoms with Gasteiger partial charge in [-0.2, -0.15) is 5.10 Å². The van der Waals surface area contributed by atoms with Crippen molar-refractivity contribution in [1.29, 1.82) is 0 Å². The molecule has 18 heavy (non-hydrogen) atoms. The highest BCUT2D eigenvalue weighted by Crippen LogP contribution is 2.25. The van der Waals surface area contributed by atoms with E-state index in [-0.39, 0.29) is 11.9 Å². The Bertz CT molecular complexity index is 585. The smallest absolute Gasteiger partial charge is 0.149 e. The van der Waals surface area contributed by atoms with E-state index in [0.717, 1.165) is 22.5 Å². The lowest BCUT2D eigenvalue weighted by molar-refractivity contribution is 0.599. The maximum Gasteiger partial charge on any atom is 0.149 e. The fourth-order valence-electron chi connectivity index (χ4n) is 2.06. The van der Waals surface area contributed by atoms with E-state index in [0.29, 0.717) is 5.69 Å². The highest BCUT2D eigenvalue weighted by atomic mass is 19.1. The molecule has 1 aromatic heterocycles. The second-order valence-corrected chi connectivity index (χ2v) is 4.67. The summed E-state index contributed by atoms with van der Waals surface area (Å²) < 4.78 is 15.8. The van der Waals surface area contributed by atoms with Gasteiger partial charge in [0.1, 0.15) is 11.5 Å². The van der Waals surface area contributed by atoms with Crippen LogP contribution in [-0.2, 0) is 0 Å². The lowest BCUT2D eigenvalue weighted by atomic mass is 10.1. The molecule has 0 amide bonds. The summed E-state index contributed by atoms with van der Waals surface area (Å²) in [4.78, 5) is 0. The third-order valence-electron chi connectivity index (χ3n) is 3.37. The average Bonchev–Trinajstić information content (AvgIpc) is 2.56. The van der Waals surface area contributed by atoms with Crippen molar-refractivity contribution in [3.05, 3.63) is 46.5 Å². The normalized spacial score (nSPS) is 12.8. The van der Waals surface area contributed by atoms with Crippen LogP contribution in [0, 0.1) is 26.6 Å². The van der Waals surface area contributed by atoms with E-state index in [4.69, 9.17) is 5.73 Å². The second kappa shape index (κ2) is 4.53. The van der Waals surface area contributed by atoms with Gasteiger partial charge in [-0.15, -0.1) is 0 Å². The van der Waals surface area contributed by atoms with Crippen LogP contribution in [0.25, 0.3) is 5.69 Å². The molecule has 1 atom stereocenters. The van der Waals surface area contributed by atoms with E-state index in [1.54, 1.807) is 10.7 Å². The number of para-hydroxylation sites is 1. The molecule has 1 aromatic carbocycles. The van der Waals surface area contributed by atoms with Crippen molar-refractivity contribution >= 4 is 0 Å². The number of aryl methyl sites for hydroxylation is 1. The van der Waals surface area contributed by atoms with Gasteiger partial charge in [-0.1, -0.05) is 12.1 Å². The summed E-state index contributed by atoms with van der Waals surface area (Å²) >= 11 is 0. The van der Waals surface area contributed by atoms with E-state index in [2.05, 4.69) is 5.10 Å². The van der Waals surface area contributed by atoms with Crippen LogP contribution in [0.2, 0.25) is 0 Å². The average molecular weight is 247 g/mol. The van der Waals surface area contributed by atoms with Crippen LogP contribution in [-0.4, -0.2) is 9.78 Å². The molecule has 0 aliphatic heterocycles. The lowest BCUT2D eigenvalue weighted by Gasteiger charge is -2.15. The molecule has 0 bridgehead atoms. The van der Waals surface area contributed by atoms with Crippen LogP contribution in [0.4, 0.5) is 4.39 Å². The zero-order valence-corrected chi connectivity index (χ0v) is 11.2. The van der Waals surface area contributed by atoms with Gasteiger partial charge < -0.3 is 5.73 Å². The summed E-state index contributed by atoms with van der Waals surface area (Å²) in [6, 6.07) is 4.72. The molecule has 0 unspecified atom stereocenters. The topological polar surface area (TPSA) is 43.8 Å². The third kappa shape index (κ3) is 1.93. The number of nitrogens with two attached hydrogens (primary N) is 1. The Labute approximate surface area is 106 Å². The van der Waals surface area contributed by atoms with Gasteiger partial charge in [0.2, 0.25) is 0 Å². The minimum Gasteiger partial charge on any atom is -0.324 e. The summed E-state index contributed by atoms with van der Waals surface area (Å²) in [5.41, 5.74) is 10.1. The maximum atomic E-state index is 14.1. The first kappa shape index (κ1) is 12.8. The lowest BCUT2D eigenvalue weighted by Crippen LogP contribution is -2.13. The van der Waals surface area contributed by atoms with Crippen LogP contribution in [0.3, 0.4) is 0 Å². The van der Waals surface area contributed by atoms with Crippen LogP contribution in [0.1, 0.15) is 35.5 Å². The first-order chi connectivity index (χ1) is 8.43. The summed E-state index contributed by atoms with van der Waals surface area (Å²) in [6.45, 7) is 7.69. The Morgan fingerprint density at radius 3 is 2.44 bits per heavy atom. The van der Waals surface area contributed by atoms with Crippen LogP contribution < -0.4 is 5.73 Å². The Balaban J connectivity index is 2.74. The number of nitrogens with zero attached hydrogens (tertiary/aromatic N) is 2. The van der Waals surface area contributed by atoms with Crippen molar-refractivity contribution < 1.29 is 4.39 Å². The molecule has 0 aliphatic rings. The van der Waals surface area contributed by atoms with Crippen LogP contribution >= 0.6 is 0 Å². The van der Waals surface area contributed by atoms with E-state index < -0.39 is 0 Å². The molecule has 2 rings (SSSR count). The van der Waals surface area contributed by atoms with Crippen molar-refractivity contribution in [2.75, 3.05) is 0 Å². The first-order valence-electron chi connectivity index (χ1n) is 6.00. The van der Waals surface area contributed by atoms with Crippen molar-refractivity contribution in [1.82, 2.24) is 9.78 Å². The molecule has 0 spiro atoms. The predicted octanol–water partition coefficient (Wildman–Crippen LogP) is 2.96. The Kier molecular flexibility index (Phi) is 3.22. The van der Waals surface area contributed by atoms with Crippen molar-refractivity contribution in [3.63, 3.8) is 0 Å². The van der Waals surface area contributed by atoms with Crippen molar-refractivity contribution in [2.24, 2.45) is 5.73 Å². The summed E-state index contributed by atoms with van der Waals surface area (Å²) in [7, 11) is 0. The van der Waals surface area contributed by atoms with E-state index in [1.807, 2.05) is 33.8 Å². The highest BCUT2D eigenvalue weighted by Gasteiger charge is 2.17. The van der Waals surface area contributed by atoms with Gasteiger partial charge in [0, 0.05) is 11.7 Å². The van der Waals surface area contributed by atoms with Gasteiger partial charge in [0.15, 0.2) is 0 Å². The van der Waals surface area contributed by atoms with Gasteiger partial charge in [-0.25, -0.2) is 9.07 Å². The molecular formula is C14H18FN3. The van der Waals surface area contributed by atoms with Crippen LogP contribution in [0.15, 0.2) is 18.2 Å². The van der Waals surface area contributed by atoms with E-state index in [1.165, 1.54) is 6.07 Å². The molecule has 3 nitrogen and oxygen atoms in total. The largest absolute Gasteiger partial charge is 0.324 e. The summed E-state index contributed by atoms with van der Waals surface area (Å²) in [5, 5.41) is 4.40. The molecule has 2 aromatic rings. The monoisotopic (exact) mass is 247 g/mol. The maximum absolute atomic E-state index is 14.1. The fraction of sp³-hybridized carbons (Fsp3) is 0.357. The molecule has 96 valence electrons. The number of rotatable bonds is 2. The molecule has 0 saturated heterocycles. The van der Waals surface area contributed by atoms with E-state index >= 15 is 0 Å². The van der Waals surface area contributed by atoms with Gasteiger partial charge in [0.05, 0.1) is 5.69 Å². The first-order valence-corrected chi connectivity index (χ1v) is 6.00. The number of aromatic nitrogens is 2. The van der Waals surface area contributed by atoms with Crippen molar-refractivity contribution in [2.45, 2.75) is 33.7 Å². The highest BCUT2D eigenvalue weighted by molar-refractivity contribution is 5.46. The molecule has 0 radical (unpaired) electrons. The van der Waals surface area contributed by atoms with Gasteiger partial charge >= 0.3 is 0 Å². The van der Waals surface area contributed by atoms with Crippen LogP contribution in [0.5, 0.6) is 0 Å². The summed E-state index contributed by atoms with van der Waals surface area (Å²) in [6.07, 6.45) is 0. The summed E-state index contributed by atoms with van der Waals surface area (Å²) in [5.74, 6) is -0.296. The van der Waals surface area contributed by atoms with Gasteiger partial charge in [0.25, 0.3) is 0 Å². The predicted molar refractivity (Wildman–Crippen MR) is 70.3 cm³/mol. The standard InChI is InChI=1S/C14H18FN3/c1-8-10(3)17-18(11(8)4)14-12(9(2)16)6-5-7-13(14)15/h5-7,9H,16H2,1-4H3/t9-/m1/s1. The number of halogens is 1. The number of hydrogen-bond acceptors (Lipinski definition) is 2. The Morgan fingerprint density at radius 1 is 1.28 bits per heavy atom. The minimum absolute atomic E-state index is 0.236. The van der Waals surface area contributed by atoms with Crippen molar-refractivity contribution in [3.8, 4) is 5.69 Å². The van der Waals surface area contributed by atoms with E-state index in [9.17, 15) is 4.39 Å². The Hall–Kier alpha value is -1.68. The zero-order chi connectivity index (χ0) is 13.4. The fourth-order valence-corrected chi connectivity index (χ4v) is 2.06. The third-order valence-corrected chi connectivity index (χ3v) is 3.37. The molecule has 0 aliphatic carbocycles.